The summed E-state index contributed by atoms with van der Waals surface area (Å²) in [4.78, 5) is 26.9. The lowest BCUT2D eigenvalue weighted by atomic mass is 10.2. The molecule has 0 aliphatic rings. The fourth-order valence-electron chi connectivity index (χ4n) is 1.01. The maximum absolute atomic E-state index is 11.3. The number of benzene rings is 1. The van der Waals surface area contributed by atoms with Crippen LogP contribution in [0.15, 0.2) is 30.3 Å². The van der Waals surface area contributed by atoms with Gasteiger partial charge in [-0.1, -0.05) is 18.2 Å². The van der Waals surface area contributed by atoms with Gasteiger partial charge < -0.3 is 9.57 Å². The Kier molecular flexibility index (Phi) is 5.01. The van der Waals surface area contributed by atoms with Gasteiger partial charge in [0.2, 0.25) is 0 Å². The van der Waals surface area contributed by atoms with E-state index in [1.165, 1.54) is 0 Å². The third kappa shape index (κ3) is 4.10. The molecule has 0 saturated heterocycles. The van der Waals surface area contributed by atoms with E-state index in [0.29, 0.717) is 12.2 Å². The molecule has 0 amide bonds. The van der Waals surface area contributed by atoms with Crippen LogP contribution in [0, 0.1) is 0 Å². The number of esters is 1. The summed E-state index contributed by atoms with van der Waals surface area (Å²) in [5.41, 5.74) is 2.66. The van der Waals surface area contributed by atoms with E-state index in [-0.39, 0.29) is 6.54 Å². The van der Waals surface area contributed by atoms with Gasteiger partial charge in [-0.25, -0.2) is 4.79 Å². The van der Waals surface area contributed by atoms with E-state index >= 15 is 0 Å². The van der Waals surface area contributed by atoms with Gasteiger partial charge in [0.05, 0.1) is 12.2 Å². The largest absolute Gasteiger partial charge is 0.465 e. The summed E-state index contributed by atoms with van der Waals surface area (Å²) in [5.74, 6) is -1.01. The van der Waals surface area contributed by atoms with Crippen molar-refractivity contribution in [2.45, 2.75) is 6.92 Å². The van der Waals surface area contributed by atoms with Crippen LogP contribution >= 0.6 is 0 Å². The number of hydrogen-bond donors (Lipinski definition) is 1. The van der Waals surface area contributed by atoms with E-state index in [1.807, 2.05) is 0 Å². The van der Waals surface area contributed by atoms with Gasteiger partial charge in [0, 0.05) is 0 Å². The predicted molar refractivity (Wildman–Crippen MR) is 56.5 cm³/mol. The minimum Gasteiger partial charge on any atom is -0.465 e. The van der Waals surface area contributed by atoms with E-state index in [9.17, 15) is 9.59 Å². The van der Waals surface area contributed by atoms with Crippen molar-refractivity contribution in [3.8, 4) is 0 Å². The molecule has 1 rings (SSSR count). The van der Waals surface area contributed by atoms with Crippen molar-refractivity contribution in [2.24, 2.45) is 0 Å². The minimum absolute atomic E-state index is 0.160. The zero-order valence-electron chi connectivity index (χ0n) is 8.93. The lowest BCUT2D eigenvalue weighted by Gasteiger charge is -2.05. The molecule has 0 bridgehead atoms. The van der Waals surface area contributed by atoms with E-state index < -0.39 is 11.9 Å². The summed E-state index contributed by atoms with van der Waals surface area (Å²) >= 11 is 0. The molecule has 0 aromatic heterocycles. The van der Waals surface area contributed by atoms with Crippen molar-refractivity contribution in [3.63, 3.8) is 0 Å². The Morgan fingerprint density at radius 1 is 1.25 bits per heavy atom. The molecule has 5 heteroatoms. The van der Waals surface area contributed by atoms with E-state index in [2.05, 4.69) is 15.1 Å². The number of carbonyl (C=O) groups excluding carboxylic acids is 2. The number of rotatable bonds is 5. The number of carbonyl (C=O) groups is 2. The first-order valence-corrected chi connectivity index (χ1v) is 4.88. The van der Waals surface area contributed by atoms with Gasteiger partial charge in [0.25, 0.3) is 0 Å². The highest BCUT2D eigenvalue weighted by molar-refractivity contribution is 5.89. The highest BCUT2D eigenvalue weighted by atomic mass is 16.7. The number of nitrogens with one attached hydrogen (secondary N) is 1. The molecule has 0 atom stereocenters. The molecular weight excluding hydrogens is 210 g/mol. The molecule has 0 saturated carbocycles. The van der Waals surface area contributed by atoms with Crippen LogP contribution in [0.2, 0.25) is 0 Å². The standard InChI is InChI=1S/C11H13NO4/c1-2-15-10(13)8-12-16-11(14)9-6-4-3-5-7-9/h3-7,12H,2,8H2,1H3. The van der Waals surface area contributed by atoms with Crippen LogP contribution in [0.5, 0.6) is 0 Å². The van der Waals surface area contributed by atoms with Gasteiger partial charge in [-0.15, -0.1) is 5.48 Å². The molecule has 16 heavy (non-hydrogen) atoms. The molecule has 0 unspecified atom stereocenters. The van der Waals surface area contributed by atoms with Crippen molar-refractivity contribution in [2.75, 3.05) is 13.2 Å². The normalized spacial score (nSPS) is 9.56. The third-order valence-electron chi connectivity index (χ3n) is 1.70. The summed E-state index contributed by atoms with van der Waals surface area (Å²) in [6, 6.07) is 8.48. The fourth-order valence-corrected chi connectivity index (χ4v) is 1.01. The smallest absolute Gasteiger partial charge is 0.356 e. The van der Waals surface area contributed by atoms with Crippen LogP contribution in [0.4, 0.5) is 0 Å². The summed E-state index contributed by atoms with van der Waals surface area (Å²) in [6.45, 7) is 1.84. The topological polar surface area (TPSA) is 64.6 Å². The molecule has 1 aromatic rings. The van der Waals surface area contributed by atoms with Gasteiger partial charge in [-0.2, -0.15) is 0 Å². The zero-order valence-corrected chi connectivity index (χ0v) is 8.93. The maximum Gasteiger partial charge on any atom is 0.356 e. The lowest BCUT2D eigenvalue weighted by molar-refractivity contribution is -0.143. The fraction of sp³-hybridized carbons (Fsp3) is 0.273. The molecule has 1 aromatic carbocycles. The molecule has 0 aliphatic carbocycles. The van der Waals surface area contributed by atoms with Gasteiger partial charge in [0.1, 0.15) is 6.54 Å². The molecular formula is C11H13NO4. The Bertz CT molecular complexity index is 350. The van der Waals surface area contributed by atoms with Crippen molar-refractivity contribution in [1.29, 1.82) is 0 Å². The van der Waals surface area contributed by atoms with Crippen LogP contribution in [-0.2, 0) is 14.4 Å². The van der Waals surface area contributed by atoms with Crippen molar-refractivity contribution < 1.29 is 19.2 Å². The van der Waals surface area contributed by atoms with Gasteiger partial charge in [-0.05, 0) is 19.1 Å². The Labute approximate surface area is 93.3 Å². The van der Waals surface area contributed by atoms with Crippen molar-refractivity contribution in [1.82, 2.24) is 5.48 Å². The Morgan fingerprint density at radius 2 is 1.94 bits per heavy atom. The summed E-state index contributed by atoms with van der Waals surface area (Å²) in [7, 11) is 0. The van der Waals surface area contributed by atoms with Crippen LogP contribution in [0.3, 0.4) is 0 Å². The molecule has 0 heterocycles. The number of hydroxylamine groups is 1. The molecule has 0 radical (unpaired) electrons. The van der Waals surface area contributed by atoms with Crippen molar-refractivity contribution >= 4 is 11.9 Å². The zero-order chi connectivity index (χ0) is 11.8. The van der Waals surface area contributed by atoms with E-state index in [1.54, 1.807) is 37.3 Å². The van der Waals surface area contributed by atoms with Crippen molar-refractivity contribution in [3.05, 3.63) is 35.9 Å². The first-order valence-electron chi connectivity index (χ1n) is 4.88. The Balaban J connectivity index is 2.29. The molecule has 86 valence electrons. The summed E-state index contributed by atoms with van der Waals surface area (Å²) in [5, 5.41) is 0. The number of hydrogen-bond acceptors (Lipinski definition) is 5. The van der Waals surface area contributed by atoms with Gasteiger partial charge >= 0.3 is 11.9 Å². The minimum atomic E-state index is -0.537. The second-order valence-electron chi connectivity index (χ2n) is 2.88. The first-order chi connectivity index (χ1) is 7.74. The van der Waals surface area contributed by atoms with Crippen LogP contribution in [0.1, 0.15) is 17.3 Å². The molecule has 0 spiro atoms. The Hall–Kier alpha value is -1.88. The molecule has 5 nitrogen and oxygen atoms in total. The van der Waals surface area contributed by atoms with Crippen LogP contribution in [0.25, 0.3) is 0 Å². The Morgan fingerprint density at radius 3 is 2.56 bits per heavy atom. The monoisotopic (exact) mass is 223 g/mol. The lowest BCUT2D eigenvalue weighted by Crippen LogP contribution is -2.27. The predicted octanol–water partition coefficient (Wildman–Crippen LogP) is 0.911. The average Bonchev–Trinajstić information content (AvgIpc) is 2.30. The second-order valence-corrected chi connectivity index (χ2v) is 2.88. The van der Waals surface area contributed by atoms with Crippen LogP contribution < -0.4 is 5.48 Å². The number of ether oxygens (including phenoxy) is 1. The second kappa shape index (κ2) is 6.58. The van der Waals surface area contributed by atoms with Crippen LogP contribution in [-0.4, -0.2) is 25.1 Å². The molecule has 0 fully saturated rings. The maximum atomic E-state index is 11.3. The molecule has 1 N–H and O–H groups in total. The van der Waals surface area contributed by atoms with Gasteiger partial charge in [-0.3, -0.25) is 4.79 Å². The summed E-state index contributed by atoms with van der Waals surface area (Å²) in [6.07, 6.45) is 0. The highest BCUT2D eigenvalue weighted by Gasteiger charge is 2.07. The highest BCUT2D eigenvalue weighted by Crippen LogP contribution is 1.99. The van der Waals surface area contributed by atoms with E-state index in [4.69, 9.17) is 0 Å². The first kappa shape index (κ1) is 12.2. The molecule has 0 aliphatic heterocycles. The SMILES string of the molecule is CCOC(=O)CNOC(=O)c1ccccc1. The van der Waals surface area contributed by atoms with E-state index in [0.717, 1.165) is 0 Å². The van der Waals surface area contributed by atoms with Gasteiger partial charge in [0.15, 0.2) is 0 Å². The third-order valence-corrected chi connectivity index (χ3v) is 1.70. The quantitative estimate of drug-likeness (QED) is 0.593. The average molecular weight is 223 g/mol. The summed E-state index contributed by atoms with van der Waals surface area (Å²) < 4.78 is 4.64.